The van der Waals surface area contributed by atoms with E-state index in [0.29, 0.717) is 29.6 Å². The zero-order valence-electron chi connectivity index (χ0n) is 17.0. The summed E-state index contributed by atoms with van der Waals surface area (Å²) in [6.45, 7) is 1.76. The quantitative estimate of drug-likeness (QED) is 0.555. The van der Waals surface area contributed by atoms with Gasteiger partial charge < -0.3 is 0 Å². The van der Waals surface area contributed by atoms with Gasteiger partial charge in [-0.25, -0.2) is 17.9 Å². The lowest BCUT2D eigenvalue weighted by molar-refractivity contribution is -0.137. The number of nitrogens with one attached hydrogen (secondary N) is 1. The first kappa shape index (κ1) is 23.0. The van der Waals surface area contributed by atoms with Crippen molar-refractivity contribution in [1.82, 2.24) is 14.3 Å². The molecule has 6 nitrogen and oxygen atoms in total. The zero-order valence-corrected chi connectivity index (χ0v) is 17.8. The van der Waals surface area contributed by atoms with Gasteiger partial charge in [0.05, 0.1) is 28.2 Å². The fourth-order valence-corrected chi connectivity index (χ4v) is 4.18. The largest absolute Gasteiger partial charge is 0.416 e. The Morgan fingerprint density at radius 3 is 2.45 bits per heavy atom. The first-order valence-electron chi connectivity index (χ1n) is 9.63. The van der Waals surface area contributed by atoms with Crippen molar-refractivity contribution in [3.8, 4) is 5.69 Å². The fourth-order valence-electron chi connectivity index (χ4n) is 3.39. The highest BCUT2D eigenvalue weighted by molar-refractivity contribution is 7.89. The average Bonchev–Trinajstić information content (AvgIpc) is 2.71. The molecule has 3 aromatic rings. The zero-order chi connectivity index (χ0) is 22.8. The smallest absolute Gasteiger partial charge is 0.260 e. The molecule has 10 heteroatoms. The average molecular weight is 453 g/mol. The summed E-state index contributed by atoms with van der Waals surface area (Å²) in [5.74, 6) is -0.0834. The van der Waals surface area contributed by atoms with Gasteiger partial charge in [0.25, 0.3) is 0 Å². The van der Waals surface area contributed by atoms with Crippen molar-refractivity contribution >= 4 is 20.9 Å². The molecule has 0 amide bonds. The summed E-state index contributed by atoms with van der Waals surface area (Å²) in [6.07, 6.45) is -3.55. The molecule has 3 rings (SSSR count). The van der Waals surface area contributed by atoms with Crippen molar-refractivity contribution in [1.29, 1.82) is 0 Å². The van der Waals surface area contributed by atoms with Crippen LogP contribution >= 0.6 is 0 Å². The van der Waals surface area contributed by atoms with Crippen LogP contribution < -0.4 is 10.4 Å². The highest BCUT2D eigenvalue weighted by atomic mass is 32.2. The van der Waals surface area contributed by atoms with Gasteiger partial charge in [0.15, 0.2) is 0 Å². The van der Waals surface area contributed by atoms with Crippen molar-refractivity contribution in [2.24, 2.45) is 0 Å². The molecule has 1 heterocycles. The number of hydrogen-bond donors (Lipinski definition) is 1. The Kier molecular flexibility index (Phi) is 6.51. The lowest BCUT2D eigenvalue weighted by atomic mass is 10.1. The third kappa shape index (κ3) is 5.13. The van der Waals surface area contributed by atoms with Crippen LogP contribution in [0.25, 0.3) is 16.6 Å². The van der Waals surface area contributed by atoms with Gasteiger partial charge in [-0.3, -0.25) is 4.57 Å². The molecule has 31 heavy (non-hydrogen) atoms. The van der Waals surface area contributed by atoms with E-state index in [1.165, 1.54) is 17.7 Å². The lowest BCUT2D eigenvalue weighted by Crippen LogP contribution is -2.25. The Hall–Kier alpha value is -2.72. The first-order chi connectivity index (χ1) is 14.5. The molecule has 0 bridgehead atoms. The highest BCUT2D eigenvalue weighted by Gasteiger charge is 2.31. The first-order valence-corrected chi connectivity index (χ1v) is 11.3. The molecule has 0 unspecified atom stereocenters. The molecule has 0 fully saturated rings. The number of aryl methyl sites for hydroxylation is 2. The number of halogens is 3. The minimum absolute atomic E-state index is 0.0834. The van der Waals surface area contributed by atoms with Crippen LogP contribution in [0, 0.1) is 6.92 Å². The number of benzene rings is 2. The second-order valence-corrected chi connectivity index (χ2v) is 9.22. The number of fused-ring (bicyclic) bond motifs is 1. The predicted octanol–water partition coefficient (Wildman–Crippen LogP) is 3.58. The van der Waals surface area contributed by atoms with E-state index < -0.39 is 27.5 Å². The van der Waals surface area contributed by atoms with Crippen LogP contribution in [0.1, 0.15) is 29.7 Å². The van der Waals surface area contributed by atoms with Crippen LogP contribution in [0.3, 0.4) is 0 Å². The van der Waals surface area contributed by atoms with E-state index in [-0.39, 0.29) is 17.7 Å². The van der Waals surface area contributed by atoms with E-state index in [1.807, 2.05) is 0 Å². The van der Waals surface area contributed by atoms with Crippen LogP contribution in [0.4, 0.5) is 13.2 Å². The molecule has 0 radical (unpaired) electrons. The van der Waals surface area contributed by atoms with Crippen LogP contribution in [0.5, 0.6) is 0 Å². The number of rotatable bonds is 7. The molecule has 166 valence electrons. The van der Waals surface area contributed by atoms with Gasteiger partial charge in [-0.2, -0.15) is 18.2 Å². The van der Waals surface area contributed by atoms with E-state index in [9.17, 15) is 26.4 Å². The molecule has 0 saturated heterocycles. The maximum Gasteiger partial charge on any atom is 0.416 e. The van der Waals surface area contributed by atoms with Crippen molar-refractivity contribution < 1.29 is 21.6 Å². The maximum absolute atomic E-state index is 13.4. The van der Waals surface area contributed by atoms with Gasteiger partial charge in [0, 0.05) is 5.39 Å². The summed E-state index contributed by atoms with van der Waals surface area (Å²) < 4.78 is 66.6. The molecule has 1 aromatic heterocycles. The van der Waals surface area contributed by atoms with Gasteiger partial charge in [0.1, 0.15) is 0 Å². The fraction of sp³-hybridized carbons (Fsp3) is 0.333. The van der Waals surface area contributed by atoms with Gasteiger partial charge in [0.2, 0.25) is 10.0 Å². The van der Waals surface area contributed by atoms with Crippen LogP contribution in [-0.2, 0) is 22.6 Å². The summed E-state index contributed by atoms with van der Waals surface area (Å²) in [5.41, 5.74) is 0.0893. The van der Waals surface area contributed by atoms with Crippen LogP contribution in [0.2, 0.25) is 0 Å². The number of aromatic nitrogens is 2. The predicted molar refractivity (Wildman–Crippen MR) is 113 cm³/mol. The topological polar surface area (TPSA) is 81.1 Å². The van der Waals surface area contributed by atoms with Crippen LogP contribution in [0.15, 0.2) is 47.3 Å². The molecule has 0 aliphatic carbocycles. The number of para-hydroxylation sites is 1. The number of nitrogens with zero attached hydrogens (tertiary/aromatic N) is 2. The molecule has 0 saturated carbocycles. The van der Waals surface area contributed by atoms with Crippen molar-refractivity contribution in [2.45, 2.75) is 32.4 Å². The van der Waals surface area contributed by atoms with Gasteiger partial charge in [-0.1, -0.05) is 24.3 Å². The van der Waals surface area contributed by atoms with E-state index >= 15 is 0 Å². The Bertz CT molecular complexity index is 1270. The summed E-state index contributed by atoms with van der Waals surface area (Å²) in [4.78, 5) is 17.0. The van der Waals surface area contributed by atoms with Crippen LogP contribution in [-0.4, -0.2) is 30.8 Å². The monoisotopic (exact) mass is 453 g/mol. The number of sulfonamides is 1. The van der Waals surface area contributed by atoms with Crippen molar-refractivity contribution in [2.75, 3.05) is 12.8 Å². The van der Waals surface area contributed by atoms with Crippen molar-refractivity contribution in [3.05, 3.63) is 69.8 Å². The molecule has 1 N–H and O–H groups in total. The molecule has 0 atom stereocenters. The van der Waals surface area contributed by atoms with E-state index in [1.54, 1.807) is 31.2 Å². The summed E-state index contributed by atoms with van der Waals surface area (Å²) in [6, 6.07) is 10.1. The summed E-state index contributed by atoms with van der Waals surface area (Å²) >= 11 is 0. The third-order valence-electron chi connectivity index (χ3n) is 5.04. The minimum Gasteiger partial charge on any atom is -0.260 e. The minimum atomic E-state index is -4.56. The number of hydrogen-bond acceptors (Lipinski definition) is 4. The molecular weight excluding hydrogens is 431 g/mol. The SMILES string of the molecule is CNS(=O)(=O)CCCCc1nc(=O)n(-c2ccccc2C)c2cc(C(F)(F)F)ccc12. The van der Waals surface area contributed by atoms with Gasteiger partial charge in [-0.05, 0) is 57.0 Å². The number of alkyl halides is 3. The van der Waals surface area contributed by atoms with Crippen molar-refractivity contribution in [3.63, 3.8) is 0 Å². The Morgan fingerprint density at radius 2 is 1.81 bits per heavy atom. The summed E-state index contributed by atoms with van der Waals surface area (Å²) in [7, 11) is -2.03. The molecule has 0 aliphatic heterocycles. The number of unbranched alkanes of at least 4 members (excludes halogenated alkanes) is 1. The normalized spacial score (nSPS) is 12.4. The molecular formula is C21H22F3N3O3S. The van der Waals surface area contributed by atoms with Gasteiger partial charge >= 0.3 is 11.9 Å². The lowest BCUT2D eigenvalue weighted by Gasteiger charge is -2.16. The third-order valence-corrected chi connectivity index (χ3v) is 6.49. The van der Waals surface area contributed by atoms with E-state index in [0.717, 1.165) is 17.7 Å². The summed E-state index contributed by atoms with van der Waals surface area (Å²) in [5, 5.41) is 0.423. The maximum atomic E-state index is 13.4. The second-order valence-electron chi connectivity index (χ2n) is 7.17. The van der Waals surface area contributed by atoms with E-state index in [2.05, 4.69) is 9.71 Å². The Morgan fingerprint density at radius 1 is 1.10 bits per heavy atom. The molecule has 0 aliphatic rings. The Labute approximate surface area is 177 Å². The second kappa shape index (κ2) is 8.80. The Balaban J connectivity index is 2.11. The van der Waals surface area contributed by atoms with E-state index in [4.69, 9.17) is 0 Å². The molecule has 0 spiro atoms. The molecule has 2 aromatic carbocycles. The standard InChI is InChI=1S/C21H22F3N3O3S/c1-14-7-3-4-9-18(14)27-19-13-15(21(22,23)24)10-11-16(19)17(26-20(27)28)8-5-6-12-31(29,30)25-2/h3-4,7,9-11,13,25H,5-6,8,12H2,1-2H3. The highest BCUT2D eigenvalue weighted by Crippen LogP contribution is 2.32. The van der Waals surface area contributed by atoms with Gasteiger partial charge in [-0.15, -0.1) is 0 Å².